The summed E-state index contributed by atoms with van der Waals surface area (Å²) in [6.45, 7) is 6.82. The molecule has 1 heteroatoms. The van der Waals surface area contributed by atoms with Crippen LogP contribution in [0.3, 0.4) is 0 Å². The number of nitrogens with one attached hydrogen (secondary N) is 1. The van der Waals surface area contributed by atoms with Crippen LogP contribution in [0.25, 0.3) is 0 Å². The van der Waals surface area contributed by atoms with Crippen molar-refractivity contribution in [1.29, 1.82) is 0 Å². The van der Waals surface area contributed by atoms with Crippen molar-refractivity contribution in [2.75, 3.05) is 0 Å². The Hall–Kier alpha value is -1.08. The molecule has 1 aromatic rings. The fraction of sp³-hybridized carbons (Fsp3) is 0.556. The van der Waals surface area contributed by atoms with Crippen LogP contribution in [-0.4, -0.2) is 6.04 Å². The van der Waals surface area contributed by atoms with Crippen molar-refractivity contribution in [3.05, 3.63) is 47.5 Å². The van der Waals surface area contributed by atoms with Gasteiger partial charge in [-0.1, -0.05) is 42.0 Å². The van der Waals surface area contributed by atoms with E-state index in [-0.39, 0.29) is 0 Å². The lowest BCUT2D eigenvalue weighted by molar-refractivity contribution is 0.307. The number of fused-ring (bicyclic) bond motifs is 2. The summed E-state index contributed by atoms with van der Waals surface area (Å²) in [5.41, 5.74) is 2.76. The van der Waals surface area contributed by atoms with Crippen molar-refractivity contribution in [1.82, 2.24) is 5.32 Å². The molecule has 0 amide bonds. The minimum Gasteiger partial charge on any atom is -0.307 e. The minimum atomic E-state index is 0.443. The van der Waals surface area contributed by atoms with Crippen LogP contribution in [0, 0.1) is 24.7 Å². The predicted molar refractivity (Wildman–Crippen MR) is 81.0 cm³/mol. The Kier molecular flexibility index (Phi) is 3.49. The molecule has 102 valence electrons. The SMILES string of the molecule is Cc1cccc([C@H](C)NC(C)C2CC3C=CC2C3)c1. The van der Waals surface area contributed by atoms with Crippen LogP contribution < -0.4 is 5.32 Å². The van der Waals surface area contributed by atoms with Gasteiger partial charge in [-0.15, -0.1) is 0 Å². The van der Waals surface area contributed by atoms with E-state index in [9.17, 15) is 0 Å². The highest BCUT2D eigenvalue weighted by Crippen LogP contribution is 2.45. The maximum Gasteiger partial charge on any atom is 0.0294 e. The lowest BCUT2D eigenvalue weighted by atomic mass is 9.87. The first kappa shape index (κ1) is 12.9. The van der Waals surface area contributed by atoms with E-state index in [1.165, 1.54) is 24.0 Å². The molecule has 5 atom stereocenters. The summed E-state index contributed by atoms with van der Waals surface area (Å²) in [6, 6.07) is 9.91. The average Bonchev–Trinajstić information content (AvgIpc) is 3.00. The van der Waals surface area contributed by atoms with Crippen molar-refractivity contribution in [2.45, 2.75) is 45.7 Å². The largest absolute Gasteiger partial charge is 0.307 e. The molecular formula is C18H25N. The van der Waals surface area contributed by atoms with E-state index < -0.39 is 0 Å². The zero-order valence-corrected chi connectivity index (χ0v) is 12.3. The molecule has 0 radical (unpaired) electrons. The van der Waals surface area contributed by atoms with Crippen LogP contribution in [0.15, 0.2) is 36.4 Å². The van der Waals surface area contributed by atoms with Gasteiger partial charge in [0.25, 0.3) is 0 Å². The molecule has 2 bridgehead atoms. The maximum atomic E-state index is 3.82. The zero-order valence-electron chi connectivity index (χ0n) is 12.3. The van der Waals surface area contributed by atoms with Gasteiger partial charge in [0, 0.05) is 12.1 Å². The summed E-state index contributed by atoms with van der Waals surface area (Å²) in [4.78, 5) is 0. The molecule has 3 rings (SSSR count). The molecule has 1 fully saturated rings. The van der Waals surface area contributed by atoms with E-state index in [1.54, 1.807) is 0 Å². The Bertz CT molecular complexity index is 476. The van der Waals surface area contributed by atoms with E-state index in [2.05, 4.69) is 62.5 Å². The molecule has 0 saturated heterocycles. The monoisotopic (exact) mass is 255 g/mol. The number of allylic oxidation sites excluding steroid dienone is 2. The second-order valence-corrected chi connectivity index (χ2v) is 6.54. The highest BCUT2D eigenvalue weighted by molar-refractivity contribution is 5.24. The third-order valence-electron chi connectivity index (χ3n) is 5.03. The quantitative estimate of drug-likeness (QED) is 0.793. The van der Waals surface area contributed by atoms with Crippen molar-refractivity contribution in [3.8, 4) is 0 Å². The van der Waals surface area contributed by atoms with E-state index in [1.807, 2.05) is 0 Å². The molecule has 1 N–H and O–H groups in total. The average molecular weight is 255 g/mol. The van der Waals surface area contributed by atoms with Crippen molar-refractivity contribution >= 4 is 0 Å². The van der Waals surface area contributed by atoms with Gasteiger partial charge < -0.3 is 5.32 Å². The molecule has 0 aromatic heterocycles. The first-order valence-electron chi connectivity index (χ1n) is 7.64. The number of benzene rings is 1. The van der Waals surface area contributed by atoms with Gasteiger partial charge in [0.1, 0.15) is 0 Å². The number of hydrogen-bond acceptors (Lipinski definition) is 1. The van der Waals surface area contributed by atoms with Gasteiger partial charge >= 0.3 is 0 Å². The lowest BCUT2D eigenvalue weighted by Gasteiger charge is -2.29. The van der Waals surface area contributed by atoms with Gasteiger partial charge in [-0.2, -0.15) is 0 Å². The predicted octanol–water partition coefficient (Wildman–Crippen LogP) is 4.25. The number of rotatable bonds is 4. The van der Waals surface area contributed by atoms with Gasteiger partial charge in [0.2, 0.25) is 0 Å². The van der Waals surface area contributed by atoms with Gasteiger partial charge in [0.15, 0.2) is 0 Å². The first-order valence-corrected chi connectivity index (χ1v) is 7.64. The molecule has 1 saturated carbocycles. The molecule has 1 aromatic carbocycles. The standard InChI is InChI=1S/C18H25N/c1-12-5-4-6-16(9-12)13(2)19-14(3)18-11-15-7-8-17(18)10-15/h4-9,13-15,17-19H,10-11H2,1-3H3/t13-,14?,15?,17?,18?/m0/s1. The lowest BCUT2D eigenvalue weighted by Crippen LogP contribution is -2.37. The van der Waals surface area contributed by atoms with Crippen LogP contribution >= 0.6 is 0 Å². The van der Waals surface area contributed by atoms with Crippen molar-refractivity contribution in [2.24, 2.45) is 17.8 Å². The summed E-state index contributed by atoms with van der Waals surface area (Å²) in [5, 5.41) is 3.82. The number of aryl methyl sites for hydroxylation is 1. The second-order valence-electron chi connectivity index (χ2n) is 6.54. The highest BCUT2D eigenvalue weighted by Gasteiger charge is 2.38. The fourth-order valence-corrected chi connectivity index (χ4v) is 3.95. The van der Waals surface area contributed by atoms with Crippen LogP contribution in [0.4, 0.5) is 0 Å². The summed E-state index contributed by atoms with van der Waals surface area (Å²) in [6.07, 6.45) is 7.66. The summed E-state index contributed by atoms with van der Waals surface area (Å²) < 4.78 is 0. The molecule has 1 nitrogen and oxygen atoms in total. The third-order valence-corrected chi connectivity index (χ3v) is 5.03. The van der Waals surface area contributed by atoms with E-state index in [4.69, 9.17) is 0 Å². The molecule has 4 unspecified atom stereocenters. The van der Waals surface area contributed by atoms with E-state index in [0.717, 1.165) is 17.8 Å². The van der Waals surface area contributed by atoms with Crippen molar-refractivity contribution in [3.63, 3.8) is 0 Å². The number of hydrogen-bond donors (Lipinski definition) is 1. The van der Waals surface area contributed by atoms with Gasteiger partial charge in [0.05, 0.1) is 0 Å². The Balaban J connectivity index is 1.63. The molecule has 0 spiro atoms. The highest BCUT2D eigenvalue weighted by atomic mass is 14.9. The topological polar surface area (TPSA) is 12.0 Å². The summed E-state index contributed by atoms with van der Waals surface area (Å²) in [5.74, 6) is 2.54. The van der Waals surface area contributed by atoms with Crippen LogP contribution in [0.2, 0.25) is 0 Å². The Morgan fingerprint density at radius 2 is 2.00 bits per heavy atom. The van der Waals surface area contributed by atoms with Gasteiger partial charge in [-0.25, -0.2) is 0 Å². The molecule has 2 aliphatic rings. The Morgan fingerprint density at radius 3 is 2.63 bits per heavy atom. The maximum absolute atomic E-state index is 3.82. The molecule has 0 aliphatic heterocycles. The van der Waals surface area contributed by atoms with Crippen LogP contribution in [0.5, 0.6) is 0 Å². The van der Waals surface area contributed by atoms with Gasteiger partial charge in [-0.05, 0) is 56.9 Å². The second kappa shape index (κ2) is 5.13. The molecule has 0 heterocycles. The normalized spacial score (nSPS) is 31.6. The van der Waals surface area contributed by atoms with Crippen LogP contribution in [0.1, 0.15) is 43.9 Å². The van der Waals surface area contributed by atoms with Gasteiger partial charge in [-0.3, -0.25) is 0 Å². The zero-order chi connectivity index (χ0) is 13.4. The molecular weight excluding hydrogens is 230 g/mol. The van der Waals surface area contributed by atoms with Crippen molar-refractivity contribution < 1.29 is 0 Å². The Morgan fingerprint density at radius 1 is 1.16 bits per heavy atom. The minimum absolute atomic E-state index is 0.443. The summed E-state index contributed by atoms with van der Waals surface area (Å²) >= 11 is 0. The smallest absolute Gasteiger partial charge is 0.0294 e. The van der Waals surface area contributed by atoms with E-state index in [0.29, 0.717) is 12.1 Å². The molecule has 19 heavy (non-hydrogen) atoms. The first-order chi connectivity index (χ1) is 9.13. The third kappa shape index (κ3) is 2.62. The van der Waals surface area contributed by atoms with E-state index >= 15 is 0 Å². The van der Waals surface area contributed by atoms with Crippen LogP contribution in [-0.2, 0) is 0 Å². The Labute approximate surface area is 117 Å². The summed E-state index contributed by atoms with van der Waals surface area (Å²) in [7, 11) is 0. The fourth-order valence-electron chi connectivity index (χ4n) is 3.95. The molecule has 2 aliphatic carbocycles.